The van der Waals surface area contributed by atoms with E-state index in [4.69, 9.17) is 0 Å². The molecule has 6 heteroatoms. The van der Waals surface area contributed by atoms with Crippen LogP contribution in [0.1, 0.15) is 17.2 Å². The summed E-state index contributed by atoms with van der Waals surface area (Å²) in [5, 5.41) is 10.1. The van der Waals surface area contributed by atoms with Gasteiger partial charge in [-0.3, -0.25) is 0 Å². The van der Waals surface area contributed by atoms with E-state index in [1.54, 1.807) is 13.1 Å². The summed E-state index contributed by atoms with van der Waals surface area (Å²) in [5.74, 6) is -3.89. The van der Waals surface area contributed by atoms with Gasteiger partial charge in [0.05, 0.1) is 12.2 Å². The van der Waals surface area contributed by atoms with Crippen LogP contribution in [-0.4, -0.2) is 17.2 Å². The molecule has 2 aromatic rings. The molecule has 1 aromatic carbocycles. The van der Waals surface area contributed by atoms with E-state index in [-0.39, 0.29) is 5.56 Å². The first kappa shape index (κ1) is 12.5. The molecule has 0 aliphatic rings. The molecule has 1 atom stereocenters. The summed E-state index contributed by atoms with van der Waals surface area (Å²) in [4.78, 5) is 0. The SMILES string of the molecule is CNC(c1ccnnc1)c1ccc(F)c(F)c1F. The molecule has 0 bridgehead atoms. The summed E-state index contributed by atoms with van der Waals surface area (Å²) < 4.78 is 39.8. The van der Waals surface area contributed by atoms with E-state index < -0.39 is 23.5 Å². The highest BCUT2D eigenvalue weighted by Crippen LogP contribution is 2.25. The molecule has 1 N–H and O–H groups in total. The summed E-state index contributed by atoms with van der Waals surface area (Å²) in [5.41, 5.74) is 0.627. The van der Waals surface area contributed by atoms with Gasteiger partial charge in [0.2, 0.25) is 0 Å². The first-order valence-electron chi connectivity index (χ1n) is 5.22. The largest absolute Gasteiger partial charge is 0.309 e. The first-order chi connectivity index (χ1) is 8.65. The molecule has 0 amide bonds. The smallest absolute Gasteiger partial charge is 0.194 e. The summed E-state index contributed by atoms with van der Waals surface area (Å²) in [6, 6.07) is 3.10. The van der Waals surface area contributed by atoms with Crippen molar-refractivity contribution >= 4 is 0 Å². The zero-order chi connectivity index (χ0) is 13.1. The van der Waals surface area contributed by atoms with Crippen LogP contribution in [0.3, 0.4) is 0 Å². The Morgan fingerprint density at radius 3 is 2.44 bits per heavy atom. The second kappa shape index (κ2) is 5.14. The van der Waals surface area contributed by atoms with Crippen molar-refractivity contribution in [3.63, 3.8) is 0 Å². The minimum atomic E-state index is -1.48. The molecule has 1 unspecified atom stereocenters. The highest BCUT2D eigenvalue weighted by Gasteiger charge is 2.21. The minimum Gasteiger partial charge on any atom is -0.309 e. The summed E-state index contributed by atoms with van der Waals surface area (Å²) in [6.07, 6.45) is 2.87. The lowest BCUT2D eigenvalue weighted by atomic mass is 10.00. The molecule has 1 aromatic heterocycles. The maximum absolute atomic E-state index is 13.7. The van der Waals surface area contributed by atoms with Gasteiger partial charge in [-0.25, -0.2) is 13.2 Å². The highest BCUT2D eigenvalue weighted by molar-refractivity contribution is 5.31. The van der Waals surface area contributed by atoms with Gasteiger partial charge in [-0.05, 0) is 24.7 Å². The topological polar surface area (TPSA) is 37.8 Å². The Labute approximate surface area is 102 Å². The maximum Gasteiger partial charge on any atom is 0.194 e. The summed E-state index contributed by atoms with van der Waals surface area (Å²) >= 11 is 0. The molecule has 1 heterocycles. The van der Waals surface area contributed by atoms with Gasteiger partial charge >= 0.3 is 0 Å². The number of benzene rings is 1. The minimum absolute atomic E-state index is 0.0180. The highest BCUT2D eigenvalue weighted by atomic mass is 19.2. The van der Waals surface area contributed by atoms with Crippen molar-refractivity contribution in [2.24, 2.45) is 0 Å². The van der Waals surface area contributed by atoms with Gasteiger partial charge in [0, 0.05) is 11.8 Å². The van der Waals surface area contributed by atoms with E-state index in [1.165, 1.54) is 18.5 Å². The molecule has 0 saturated carbocycles. The molecule has 3 nitrogen and oxygen atoms in total. The lowest BCUT2D eigenvalue weighted by Gasteiger charge is -2.17. The van der Waals surface area contributed by atoms with Crippen LogP contribution in [0.15, 0.2) is 30.6 Å². The van der Waals surface area contributed by atoms with Crippen molar-refractivity contribution in [2.45, 2.75) is 6.04 Å². The lowest BCUT2D eigenvalue weighted by Crippen LogP contribution is -2.20. The predicted molar refractivity (Wildman–Crippen MR) is 59.3 cm³/mol. The van der Waals surface area contributed by atoms with E-state index in [0.29, 0.717) is 5.56 Å². The number of nitrogens with zero attached hydrogens (tertiary/aromatic N) is 2. The molecule has 18 heavy (non-hydrogen) atoms. The Balaban J connectivity index is 2.50. The second-order valence-electron chi connectivity index (χ2n) is 3.66. The molecule has 2 rings (SSSR count). The monoisotopic (exact) mass is 253 g/mol. The van der Waals surface area contributed by atoms with Crippen LogP contribution in [0.4, 0.5) is 13.2 Å². The summed E-state index contributed by atoms with van der Waals surface area (Å²) in [7, 11) is 1.59. The third-order valence-electron chi connectivity index (χ3n) is 2.61. The molecular formula is C12H10F3N3. The average Bonchev–Trinajstić information content (AvgIpc) is 2.41. The Morgan fingerprint density at radius 1 is 1.06 bits per heavy atom. The Bertz CT molecular complexity index is 546. The lowest BCUT2D eigenvalue weighted by molar-refractivity contribution is 0.435. The van der Waals surface area contributed by atoms with E-state index in [2.05, 4.69) is 15.5 Å². The van der Waals surface area contributed by atoms with E-state index in [0.717, 1.165) is 6.07 Å². The third kappa shape index (κ3) is 2.19. The molecule has 0 fully saturated rings. The Morgan fingerprint density at radius 2 is 1.83 bits per heavy atom. The number of hydrogen-bond donors (Lipinski definition) is 1. The molecule has 0 aliphatic heterocycles. The van der Waals surface area contributed by atoms with Crippen molar-refractivity contribution in [1.29, 1.82) is 0 Å². The fraction of sp³-hybridized carbons (Fsp3) is 0.167. The zero-order valence-corrected chi connectivity index (χ0v) is 9.49. The Hall–Kier alpha value is -1.95. The molecule has 0 aliphatic carbocycles. The van der Waals surface area contributed by atoms with Crippen LogP contribution in [0.2, 0.25) is 0 Å². The standard InChI is InChI=1S/C12H10F3N3/c1-16-12(7-4-5-17-18-6-7)8-2-3-9(13)11(15)10(8)14/h2-6,12,16H,1H3. The van der Waals surface area contributed by atoms with Crippen LogP contribution >= 0.6 is 0 Å². The normalized spacial score (nSPS) is 12.4. The number of hydrogen-bond acceptors (Lipinski definition) is 3. The van der Waals surface area contributed by atoms with Crippen LogP contribution in [0.25, 0.3) is 0 Å². The molecule has 0 spiro atoms. The number of nitrogens with one attached hydrogen (secondary N) is 1. The fourth-order valence-corrected chi connectivity index (χ4v) is 1.74. The van der Waals surface area contributed by atoms with Crippen LogP contribution in [0.5, 0.6) is 0 Å². The van der Waals surface area contributed by atoms with E-state index in [9.17, 15) is 13.2 Å². The van der Waals surface area contributed by atoms with Gasteiger partial charge in [0.1, 0.15) is 0 Å². The van der Waals surface area contributed by atoms with Crippen molar-refractivity contribution in [2.75, 3.05) is 7.05 Å². The fourth-order valence-electron chi connectivity index (χ4n) is 1.74. The van der Waals surface area contributed by atoms with E-state index >= 15 is 0 Å². The van der Waals surface area contributed by atoms with Crippen molar-refractivity contribution < 1.29 is 13.2 Å². The molecule has 0 saturated heterocycles. The molecular weight excluding hydrogens is 243 g/mol. The molecule has 0 radical (unpaired) electrons. The van der Waals surface area contributed by atoms with E-state index in [1.807, 2.05) is 0 Å². The first-order valence-corrected chi connectivity index (χ1v) is 5.22. The van der Waals surface area contributed by atoms with Crippen LogP contribution in [-0.2, 0) is 0 Å². The van der Waals surface area contributed by atoms with Crippen molar-refractivity contribution in [3.8, 4) is 0 Å². The van der Waals surface area contributed by atoms with Crippen LogP contribution in [0, 0.1) is 17.5 Å². The van der Waals surface area contributed by atoms with Gasteiger partial charge in [0.15, 0.2) is 17.5 Å². The number of aromatic nitrogens is 2. The maximum atomic E-state index is 13.7. The quantitative estimate of drug-likeness (QED) is 0.852. The average molecular weight is 253 g/mol. The number of rotatable bonds is 3. The summed E-state index contributed by atoms with van der Waals surface area (Å²) in [6.45, 7) is 0. The van der Waals surface area contributed by atoms with Gasteiger partial charge in [0.25, 0.3) is 0 Å². The van der Waals surface area contributed by atoms with Crippen molar-refractivity contribution in [1.82, 2.24) is 15.5 Å². The second-order valence-corrected chi connectivity index (χ2v) is 3.66. The van der Waals surface area contributed by atoms with Gasteiger partial charge in [-0.2, -0.15) is 10.2 Å². The van der Waals surface area contributed by atoms with Crippen molar-refractivity contribution in [3.05, 3.63) is 59.2 Å². The zero-order valence-electron chi connectivity index (χ0n) is 9.49. The Kier molecular flexibility index (Phi) is 3.57. The van der Waals surface area contributed by atoms with Gasteiger partial charge in [-0.15, -0.1) is 0 Å². The predicted octanol–water partition coefficient (Wildman–Crippen LogP) is 2.20. The number of halogens is 3. The van der Waals surface area contributed by atoms with Gasteiger partial charge in [-0.1, -0.05) is 6.07 Å². The molecule has 94 valence electrons. The van der Waals surface area contributed by atoms with Crippen LogP contribution < -0.4 is 5.32 Å². The third-order valence-corrected chi connectivity index (χ3v) is 2.61. The van der Waals surface area contributed by atoms with Gasteiger partial charge < -0.3 is 5.32 Å².